The van der Waals surface area contributed by atoms with Gasteiger partial charge >= 0.3 is 0 Å². The van der Waals surface area contributed by atoms with Gasteiger partial charge in [-0.15, -0.1) is 0 Å². The summed E-state index contributed by atoms with van der Waals surface area (Å²) in [4.78, 5) is 2.63. The first-order valence-electron chi connectivity index (χ1n) is 6.14. The highest BCUT2D eigenvalue weighted by atomic mass is 15.2. The molecule has 0 aromatic heterocycles. The molecule has 0 radical (unpaired) electrons. The topological polar surface area (TPSA) is 29.3 Å². The van der Waals surface area contributed by atoms with Gasteiger partial charge in [-0.3, -0.25) is 4.90 Å². The molecule has 1 heterocycles. The Labute approximate surface area is 88.8 Å². The average Bonchev–Trinajstić information content (AvgIpc) is 2.17. The molecule has 2 nitrogen and oxygen atoms in total. The molecule has 14 heavy (non-hydrogen) atoms. The molecule has 0 aliphatic carbocycles. The van der Waals surface area contributed by atoms with Crippen LogP contribution in [-0.2, 0) is 0 Å². The Kier molecular flexibility index (Phi) is 4.90. The smallest absolute Gasteiger partial charge is 0.0223 e. The van der Waals surface area contributed by atoms with Crippen molar-refractivity contribution in [3.8, 4) is 0 Å². The minimum absolute atomic E-state index is 0.639. The molecule has 1 aliphatic heterocycles. The summed E-state index contributed by atoms with van der Waals surface area (Å²) in [5, 5.41) is 0. The fourth-order valence-electron chi connectivity index (χ4n) is 2.67. The number of rotatable bonds is 4. The largest absolute Gasteiger partial charge is 0.329 e. The molecule has 3 unspecified atom stereocenters. The quantitative estimate of drug-likeness (QED) is 0.750. The number of piperidine rings is 1. The van der Waals surface area contributed by atoms with E-state index in [0.717, 1.165) is 18.5 Å². The van der Waals surface area contributed by atoms with Crippen molar-refractivity contribution < 1.29 is 0 Å². The van der Waals surface area contributed by atoms with Crippen molar-refractivity contribution in [2.45, 2.75) is 58.5 Å². The summed E-state index contributed by atoms with van der Waals surface area (Å²) in [7, 11) is 0. The molecule has 1 saturated heterocycles. The Balaban J connectivity index is 2.49. The van der Waals surface area contributed by atoms with E-state index in [9.17, 15) is 0 Å². The van der Waals surface area contributed by atoms with Gasteiger partial charge in [0.05, 0.1) is 0 Å². The Morgan fingerprint density at radius 1 is 1.50 bits per heavy atom. The van der Waals surface area contributed by atoms with E-state index in [1.54, 1.807) is 0 Å². The lowest BCUT2D eigenvalue weighted by Crippen LogP contribution is -2.50. The molecule has 0 bridgehead atoms. The second kappa shape index (κ2) is 5.72. The van der Waals surface area contributed by atoms with E-state index in [4.69, 9.17) is 5.73 Å². The number of nitrogens with two attached hydrogens (primary N) is 1. The highest BCUT2D eigenvalue weighted by Gasteiger charge is 2.27. The van der Waals surface area contributed by atoms with E-state index in [1.165, 1.54) is 32.2 Å². The predicted octanol–water partition coefficient (Wildman–Crippen LogP) is 2.23. The van der Waals surface area contributed by atoms with Gasteiger partial charge < -0.3 is 5.73 Å². The van der Waals surface area contributed by atoms with Gasteiger partial charge in [0.1, 0.15) is 0 Å². The van der Waals surface area contributed by atoms with Crippen LogP contribution in [0.3, 0.4) is 0 Å². The van der Waals surface area contributed by atoms with Gasteiger partial charge in [-0.05, 0) is 38.6 Å². The molecule has 0 saturated carbocycles. The number of nitrogens with zero attached hydrogens (tertiary/aromatic N) is 1. The van der Waals surface area contributed by atoms with Crippen molar-refractivity contribution in [2.24, 2.45) is 11.7 Å². The van der Waals surface area contributed by atoms with E-state index in [1.807, 2.05) is 0 Å². The van der Waals surface area contributed by atoms with E-state index < -0.39 is 0 Å². The van der Waals surface area contributed by atoms with Crippen LogP contribution in [0.5, 0.6) is 0 Å². The van der Waals surface area contributed by atoms with Crippen LogP contribution in [0.2, 0.25) is 0 Å². The molecular formula is C12H26N2. The molecule has 1 aliphatic rings. The summed E-state index contributed by atoms with van der Waals surface area (Å²) in [6.45, 7) is 9.05. The van der Waals surface area contributed by atoms with Gasteiger partial charge in [-0.1, -0.05) is 20.3 Å². The zero-order valence-corrected chi connectivity index (χ0v) is 10.00. The Morgan fingerprint density at radius 3 is 2.79 bits per heavy atom. The summed E-state index contributed by atoms with van der Waals surface area (Å²) in [6, 6.07) is 1.36. The molecule has 0 aromatic rings. The normalized spacial score (nSPS) is 31.7. The average molecular weight is 198 g/mol. The molecule has 1 rings (SSSR count). The SMILES string of the molecule is CCCC(C)N1CCC(C)CC1CN. The molecule has 1 fully saturated rings. The van der Waals surface area contributed by atoms with Crippen molar-refractivity contribution in [1.29, 1.82) is 0 Å². The lowest BCUT2D eigenvalue weighted by Gasteiger charge is -2.41. The lowest BCUT2D eigenvalue weighted by atomic mass is 9.91. The maximum atomic E-state index is 5.85. The fraction of sp³-hybridized carbons (Fsp3) is 1.00. The first-order chi connectivity index (χ1) is 6.69. The van der Waals surface area contributed by atoms with E-state index >= 15 is 0 Å². The first-order valence-corrected chi connectivity index (χ1v) is 6.14. The van der Waals surface area contributed by atoms with E-state index in [-0.39, 0.29) is 0 Å². The zero-order chi connectivity index (χ0) is 10.6. The molecule has 2 N–H and O–H groups in total. The highest BCUT2D eigenvalue weighted by molar-refractivity contribution is 4.83. The minimum atomic E-state index is 0.639. The molecule has 0 amide bonds. The third-order valence-corrected chi connectivity index (χ3v) is 3.57. The standard InChI is InChI=1S/C12H26N2/c1-4-5-11(3)14-7-6-10(2)8-12(14)9-13/h10-12H,4-9,13H2,1-3H3. The van der Waals surface area contributed by atoms with E-state index in [2.05, 4.69) is 25.7 Å². The van der Waals surface area contributed by atoms with Crippen molar-refractivity contribution in [1.82, 2.24) is 4.90 Å². The van der Waals surface area contributed by atoms with Crippen LogP contribution in [0, 0.1) is 5.92 Å². The maximum absolute atomic E-state index is 5.85. The van der Waals surface area contributed by atoms with Gasteiger partial charge in [-0.25, -0.2) is 0 Å². The van der Waals surface area contributed by atoms with Gasteiger partial charge in [0.2, 0.25) is 0 Å². The Hall–Kier alpha value is -0.0800. The Morgan fingerprint density at radius 2 is 2.21 bits per heavy atom. The Bertz CT molecular complexity index is 158. The first kappa shape index (κ1) is 12.0. The molecular weight excluding hydrogens is 172 g/mol. The predicted molar refractivity (Wildman–Crippen MR) is 62.3 cm³/mol. The summed E-state index contributed by atoms with van der Waals surface area (Å²) in [5.41, 5.74) is 5.85. The van der Waals surface area contributed by atoms with Crippen molar-refractivity contribution >= 4 is 0 Å². The van der Waals surface area contributed by atoms with Crippen molar-refractivity contribution in [2.75, 3.05) is 13.1 Å². The number of hydrogen-bond acceptors (Lipinski definition) is 2. The summed E-state index contributed by atoms with van der Waals surface area (Å²) in [6.07, 6.45) is 5.24. The van der Waals surface area contributed by atoms with Crippen LogP contribution < -0.4 is 5.73 Å². The number of likely N-dealkylation sites (tertiary alicyclic amines) is 1. The van der Waals surface area contributed by atoms with Crippen LogP contribution >= 0.6 is 0 Å². The minimum Gasteiger partial charge on any atom is -0.329 e. The number of hydrogen-bond donors (Lipinski definition) is 1. The van der Waals surface area contributed by atoms with Crippen LogP contribution in [0.15, 0.2) is 0 Å². The lowest BCUT2D eigenvalue weighted by molar-refractivity contribution is 0.0793. The van der Waals surface area contributed by atoms with Crippen LogP contribution in [-0.4, -0.2) is 30.1 Å². The second-order valence-corrected chi connectivity index (χ2v) is 4.89. The van der Waals surface area contributed by atoms with Crippen LogP contribution in [0.4, 0.5) is 0 Å². The zero-order valence-electron chi connectivity index (χ0n) is 10.00. The van der Waals surface area contributed by atoms with Crippen LogP contribution in [0.1, 0.15) is 46.5 Å². The van der Waals surface area contributed by atoms with Gasteiger partial charge in [0.25, 0.3) is 0 Å². The molecule has 2 heteroatoms. The molecule has 3 atom stereocenters. The summed E-state index contributed by atoms with van der Waals surface area (Å²) in [5.74, 6) is 0.869. The van der Waals surface area contributed by atoms with Crippen molar-refractivity contribution in [3.05, 3.63) is 0 Å². The molecule has 0 spiro atoms. The summed E-state index contributed by atoms with van der Waals surface area (Å²) < 4.78 is 0. The monoisotopic (exact) mass is 198 g/mol. The van der Waals surface area contributed by atoms with Crippen molar-refractivity contribution in [3.63, 3.8) is 0 Å². The third kappa shape index (κ3) is 2.96. The van der Waals surface area contributed by atoms with Gasteiger partial charge in [0.15, 0.2) is 0 Å². The second-order valence-electron chi connectivity index (χ2n) is 4.89. The van der Waals surface area contributed by atoms with E-state index in [0.29, 0.717) is 6.04 Å². The fourth-order valence-corrected chi connectivity index (χ4v) is 2.67. The van der Waals surface area contributed by atoms with Crippen LogP contribution in [0.25, 0.3) is 0 Å². The maximum Gasteiger partial charge on any atom is 0.0223 e. The molecule has 0 aromatic carbocycles. The molecule has 84 valence electrons. The summed E-state index contributed by atoms with van der Waals surface area (Å²) >= 11 is 0. The highest BCUT2D eigenvalue weighted by Crippen LogP contribution is 2.24. The third-order valence-electron chi connectivity index (χ3n) is 3.57. The van der Waals surface area contributed by atoms with Gasteiger partial charge in [0, 0.05) is 18.6 Å². The van der Waals surface area contributed by atoms with Gasteiger partial charge in [-0.2, -0.15) is 0 Å².